The zero-order valence-corrected chi connectivity index (χ0v) is 16.0. The lowest BCUT2D eigenvalue weighted by atomic mass is 10.1. The summed E-state index contributed by atoms with van der Waals surface area (Å²) in [6.07, 6.45) is 3.10. The first-order valence-corrected chi connectivity index (χ1v) is 9.39. The van der Waals surface area contributed by atoms with E-state index in [1.165, 1.54) is 0 Å². The monoisotopic (exact) mass is 369 g/mol. The number of nitrogens with one attached hydrogen (secondary N) is 1. The first-order chi connectivity index (χ1) is 13.1. The van der Waals surface area contributed by atoms with E-state index in [0.717, 1.165) is 35.7 Å². The number of rotatable bonds is 7. The number of fused-ring (bicyclic) bond motifs is 1. The highest BCUT2D eigenvalue weighted by Crippen LogP contribution is 2.32. The fourth-order valence-electron chi connectivity index (χ4n) is 2.99. The van der Waals surface area contributed by atoms with Crippen LogP contribution < -0.4 is 14.8 Å². The van der Waals surface area contributed by atoms with Crippen LogP contribution in [0.1, 0.15) is 37.1 Å². The van der Waals surface area contributed by atoms with Crippen LogP contribution in [0.4, 0.5) is 0 Å². The van der Waals surface area contributed by atoms with Crippen molar-refractivity contribution >= 4 is 5.91 Å². The standard InChI is InChI=1S/C21H27N3O3/c1-16(17-7-8-19-20(14-17)27-13-5-12-26-19)23-21(25)9-11-24(2)15-18-6-3-4-10-22-18/h3-4,6-8,10,14,16H,5,9,11-13,15H2,1-2H3,(H,23,25). The van der Waals surface area contributed by atoms with Crippen molar-refractivity contribution in [2.24, 2.45) is 0 Å². The van der Waals surface area contributed by atoms with Gasteiger partial charge in [0.2, 0.25) is 5.91 Å². The molecule has 1 aliphatic heterocycles. The third kappa shape index (κ3) is 5.69. The lowest BCUT2D eigenvalue weighted by Gasteiger charge is -2.19. The third-order valence-corrected chi connectivity index (χ3v) is 4.53. The molecule has 6 nitrogen and oxygen atoms in total. The summed E-state index contributed by atoms with van der Waals surface area (Å²) in [4.78, 5) is 18.7. The quantitative estimate of drug-likeness (QED) is 0.813. The number of nitrogens with zero attached hydrogens (tertiary/aromatic N) is 2. The molecule has 1 atom stereocenters. The van der Waals surface area contributed by atoms with Crippen molar-refractivity contribution in [1.29, 1.82) is 0 Å². The first kappa shape index (κ1) is 19.2. The molecule has 2 heterocycles. The minimum Gasteiger partial charge on any atom is -0.490 e. The van der Waals surface area contributed by atoms with Gasteiger partial charge in [-0.3, -0.25) is 9.78 Å². The Kier molecular flexibility index (Phi) is 6.65. The van der Waals surface area contributed by atoms with Gasteiger partial charge in [-0.1, -0.05) is 12.1 Å². The summed E-state index contributed by atoms with van der Waals surface area (Å²) in [5.74, 6) is 1.55. The number of ether oxygens (including phenoxy) is 2. The summed E-state index contributed by atoms with van der Waals surface area (Å²) in [6, 6.07) is 11.6. The van der Waals surface area contributed by atoms with Gasteiger partial charge in [0, 0.05) is 32.1 Å². The summed E-state index contributed by atoms with van der Waals surface area (Å²) < 4.78 is 11.4. The second-order valence-electron chi connectivity index (χ2n) is 6.85. The normalized spacial score (nSPS) is 14.5. The third-order valence-electron chi connectivity index (χ3n) is 4.53. The number of hydrogen-bond acceptors (Lipinski definition) is 5. The van der Waals surface area contributed by atoms with E-state index in [1.54, 1.807) is 6.20 Å². The van der Waals surface area contributed by atoms with Crippen LogP contribution in [0.15, 0.2) is 42.6 Å². The van der Waals surface area contributed by atoms with Crippen LogP contribution in [0.2, 0.25) is 0 Å². The van der Waals surface area contributed by atoms with Crippen molar-refractivity contribution in [3.63, 3.8) is 0 Å². The molecule has 1 unspecified atom stereocenters. The zero-order valence-electron chi connectivity index (χ0n) is 16.0. The Morgan fingerprint density at radius 2 is 2.04 bits per heavy atom. The Balaban J connectivity index is 1.48. The predicted molar refractivity (Wildman–Crippen MR) is 104 cm³/mol. The van der Waals surface area contributed by atoms with Gasteiger partial charge in [-0.2, -0.15) is 0 Å². The van der Waals surface area contributed by atoms with Crippen LogP contribution in [0.3, 0.4) is 0 Å². The number of carbonyl (C=O) groups is 1. The molecule has 1 aliphatic rings. The number of hydrogen-bond donors (Lipinski definition) is 1. The maximum Gasteiger partial charge on any atom is 0.221 e. The maximum absolute atomic E-state index is 12.3. The lowest BCUT2D eigenvalue weighted by Crippen LogP contribution is -2.30. The average Bonchev–Trinajstić information content (AvgIpc) is 2.92. The van der Waals surface area contributed by atoms with E-state index in [9.17, 15) is 4.79 Å². The SMILES string of the molecule is CC(NC(=O)CCN(C)Cc1ccccn1)c1ccc2c(c1)OCCCO2. The van der Waals surface area contributed by atoms with E-state index in [-0.39, 0.29) is 11.9 Å². The number of amides is 1. The number of benzene rings is 1. The lowest BCUT2D eigenvalue weighted by molar-refractivity contribution is -0.122. The molecule has 1 amide bonds. The maximum atomic E-state index is 12.3. The molecule has 1 aromatic heterocycles. The topological polar surface area (TPSA) is 63.7 Å². The molecule has 2 aromatic rings. The molecular weight excluding hydrogens is 342 g/mol. The molecule has 0 spiro atoms. The zero-order chi connectivity index (χ0) is 19.1. The van der Waals surface area contributed by atoms with Crippen molar-refractivity contribution in [3.8, 4) is 11.5 Å². The Labute approximate surface area is 160 Å². The molecule has 1 N–H and O–H groups in total. The number of pyridine rings is 1. The Bertz CT molecular complexity index is 752. The van der Waals surface area contributed by atoms with Crippen LogP contribution in [-0.4, -0.2) is 42.6 Å². The molecule has 144 valence electrons. The Morgan fingerprint density at radius 3 is 2.81 bits per heavy atom. The molecule has 0 saturated heterocycles. The number of carbonyl (C=O) groups excluding carboxylic acids is 1. The fourth-order valence-corrected chi connectivity index (χ4v) is 2.99. The van der Waals surface area contributed by atoms with E-state index in [4.69, 9.17) is 9.47 Å². The summed E-state index contributed by atoms with van der Waals surface area (Å²) in [7, 11) is 2.00. The van der Waals surface area contributed by atoms with E-state index in [0.29, 0.717) is 26.2 Å². The molecular formula is C21H27N3O3. The van der Waals surface area contributed by atoms with Crippen LogP contribution in [0.25, 0.3) is 0 Å². The van der Waals surface area contributed by atoms with Gasteiger partial charge in [-0.25, -0.2) is 0 Å². The van der Waals surface area contributed by atoms with Crippen molar-refractivity contribution in [3.05, 3.63) is 53.9 Å². The van der Waals surface area contributed by atoms with E-state index in [2.05, 4.69) is 15.2 Å². The highest BCUT2D eigenvalue weighted by Gasteiger charge is 2.15. The molecule has 0 fully saturated rings. The first-order valence-electron chi connectivity index (χ1n) is 9.39. The van der Waals surface area contributed by atoms with Gasteiger partial charge < -0.3 is 19.7 Å². The highest BCUT2D eigenvalue weighted by molar-refractivity contribution is 5.76. The van der Waals surface area contributed by atoms with E-state index in [1.807, 2.05) is 50.4 Å². The molecule has 6 heteroatoms. The van der Waals surface area contributed by atoms with E-state index < -0.39 is 0 Å². The van der Waals surface area contributed by atoms with Gasteiger partial charge in [0.15, 0.2) is 11.5 Å². The van der Waals surface area contributed by atoms with Gasteiger partial charge in [0.05, 0.1) is 24.9 Å². The van der Waals surface area contributed by atoms with Crippen molar-refractivity contribution in [2.75, 3.05) is 26.8 Å². The fraction of sp³-hybridized carbons (Fsp3) is 0.429. The molecule has 0 radical (unpaired) electrons. The Hall–Kier alpha value is -2.60. The molecule has 3 rings (SSSR count). The molecule has 0 saturated carbocycles. The number of aromatic nitrogens is 1. The average molecular weight is 369 g/mol. The van der Waals surface area contributed by atoms with Gasteiger partial charge in [-0.15, -0.1) is 0 Å². The highest BCUT2D eigenvalue weighted by atomic mass is 16.5. The van der Waals surface area contributed by atoms with Crippen LogP contribution >= 0.6 is 0 Å². The van der Waals surface area contributed by atoms with Crippen LogP contribution in [-0.2, 0) is 11.3 Å². The molecule has 0 aliphatic carbocycles. The molecule has 27 heavy (non-hydrogen) atoms. The van der Waals surface area contributed by atoms with E-state index >= 15 is 0 Å². The smallest absolute Gasteiger partial charge is 0.221 e. The van der Waals surface area contributed by atoms with Gasteiger partial charge >= 0.3 is 0 Å². The van der Waals surface area contributed by atoms with Gasteiger partial charge in [0.25, 0.3) is 0 Å². The largest absolute Gasteiger partial charge is 0.490 e. The second-order valence-corrected chi connectivity index (χ2v) is 6.85. The second kappa shape index (κ2) is 9.37. The minimum atomic E-state index is -0.0873. The van der Waals surface area contributed by atoms with Crippen molar-refractivity contribution in [1.82, 2.24) is 15.2 Å². The van der Waals surface area contributed by atoms with Gasteiger partial charge in [-0.05, 0) is 43.8 Å². The minimum absolute atomic E-state index is 0.0301. The summed E-state index contributed by atoms with van der Waals surface area (Å²) >= 11 is 0. The summed E-state index contributed by atoms with van der Waals surface area (Å²) in [5, 5.41) is 3.06. The van der Waals surface area contributed by atoms with Crippen molar-refractivity contribution < 1.29 is 14.3 Å². The van der Waals surface area contributed by atoms with Crippen molar-refractivity contribution in [2.45, 2.75) is 32.4 Å². The molecule has 1 aromatic carbocycles. The van der Waals surface area contributed by atoms with Crippen LogP contribution in [0.5, 0.6) is 11.5 Å². The van der Waals surface area contributed by atoms with Gasteiger partial charge in [0.1, 0.15) is 0 Å². The summed E-state index contributed by atoms with van der Waals surface area (Å²) in [6.45, 7) is 4.71. The summed E-state index contributed by atoms with van der Waals surface area (Å²) in [5.41, 5.74) is 2.01. The Morgan fingerprint density at radius 1 is 1.22 bits per heavy atom. The van der Waals surface area contributed by atoms with Crippen LogP contribution in [0, 0.1) is 0 Å². The molecule has 0 bridgehead atoms. The predicted octanol–water partition coefficient (Wildman–Crippen LogP) is 2.94.